The summed E-state index contributed by atoms with van der Waals surface area (Å²) < 4.78 is 1.34. The van der Waals surface area contributed by atoms with Crippen molar-refractivity contribution in [2.75, 3.05) is 26.2 Å². The van der Waals surface area contributed by atoms with Gasteiger partial charge in [0.2, 0.25) is 11.8 Å². The number of aromatic nitrogens is 2. The van der Waals surface area contributed by atoms with Gasteiger partial charge in [-0.2, -0.15) is 4.98 Å². The molecule has 0 spiro atoms. The largest absolute Gasteiger partial charge is 0.348 e. The quantitative estimate of drug-likeness (QED) is 0.756. The van der Waals surface area contributed by atoms with Gasteiger partial charge in [-0.1, -0.05) is 0 Å². The van der Waals surface area contributed by atoms with Gasteiger partial charge in [-0.3, -0.25) is 14.2 Å². The van der Waals surface area contributed by atoms with E-state index in [2.05, 4.69) is 4.98 Å². The lowest BCUT2D eigenvalue weighted by molar-refractivity contribution is -0.145. The molecule has 0 N–H and O–H groups in total. The predicted octanol–water partition coefficient (Wildman–Crippen LogP) is -0.449. The highest BCUT2D eigenvalue weighted by Gasteiger charge is 2.26. The van der Waals surface area contributed by atoms with Crippen molar-refractivity contribution >= 4 is 11.8 Å². The molecule has 2 heterocycles. The third-order valence-corrected chi connectivity index (χ3v) is 3.69. The number of nitrogens with zero attached hydrogens (tertiary/aromatic N) is 4. The molecule has 1 aliphatic heterocycles. The van der Waals surface area contributed by atoms with Crippen molar-refractivity contribution in [3.63, 3.8) is 0 Å². The van der Waals surface area contributed by atoms with E-state index in [1.165, 1.54) is 9.47 Å². The van der Waals surface area contributed by atoms with Crippen molar-refractivity contribution in [1.82, 2.24) is 19.4 Å². The maximum absolute atomic E-state index is 12.3. The summed E-state index contributed by atoms with van der Waals surface area (Å²) in [6, 6.07) is 1.76. The lowest BCUT2D eigenvalue weighted by Gasteiger charge is -2.33. The second kappa shape index (κ2) is 6.07. The monoisotopic (exact) mass is 292 g/mol. The van der Waals surface area contributed by atoms with Crippen molar-refractivity contribution in [2.24, 2.45) is 0 Å². The van der Waals surface area contributed by atoms with E-state index < -0.39 is 5.69 Å². The molecule has 0 aliphatic carbocycles. The zero-order chi connectivity index (χ0) is 15.6. The van der Waals surface area contributed by atoms with E-state index >= 15 is 0 Å². The van der Waals surface area contributed by atoms with Crippen LogP contribution in [0, 0.1) is 13.8 Å². The average Bonchev–Trinajstić information content (AvgIpc) is 2.42. The van der Waals surface area contributed by atoms with Crippen LogP contribution < -0.4 is 5.69 Å². The fourth-order valence-electron chi connectivity index (χ4n) is 2.46. The molecule has 114 valence electrons. The summed E-state index contributed by atoms with van der Waals surface area (Å²) in [5.74, 6) is -0.279. The van der Waals surface area contributed by atoms with Gasteiger partial charge in [0.25, 0.3) is 0 Å². The van der Waals surface area contributed by atoms with E-state index in [1.54, 1.807) is 24.8 Å². The van der Waals surface area contributed by atoms with Crippen LogP contribution in [0.15, 0.2) is 10.9 Å². The van der Waals surface area contributed by atoms with Gasteiger partial charge < -0.3 is 9.80 Å². The Labute approximate surface area is 123 Å². The first-order valence-corrected chi connectivity index (χ1v) is 7.03. The smallest absolute Gasteiger partial charge is 0.340 e. The van der Waals surface area contributed by atoms with Gasteiger partial charge in [0.15, 0.2) is 0 Å². The Morgan fingerprint density at radius 1 is 1.29 bits per heavy atom. The number of rotatable bonds is 3. The van der Waals surface area contributed by atoms with E-state index in [-0.39, 0.29) is 24.9 Å². The minimum absolute atomic E-state index is 0.0526. The molecule has 7 nitrogen and oxygen atoms in total. The Kier molecular flexibility index (Phi) is 4.40. The molecule has 0 aromatic carbocycles. The van der Waals surface area contributed by atoms with Crippen LogP contribution in [0.5, 0.6) is 0 Å². The Hall–Kier alpha value is -2.18. The molecule has 21 heavy (non-hydrogen) atoms. The van der Waals surface area contributed by atoms with Crippen LogP contribution in [0.4, 0.5) is 0 Å². The average molecular weight is 292 g/mol. The van der Waals surface area contributed by atoms with Crippen LogP contribution in [-0.4, -0.2) is 57.3 Å². The number of amides is 2. The fraction of sp³-hybridized carbons (Fsp3) is 0.571. The summed E-state index contributed by atoms with van der Waals surface area (Å²) in [6.45, 7) is 7.13. The highest BCUT2D eigenvalue weighted by atomic mass is 16.2. The molecule has 1 fully saturated rings. The van der Waals surface area contributed by atoms with Crippen molar-refractivity contribution in [1.29, 1.82) is 0 Å². The number of hydrogen-bond acceptors (Lipinski definition) is 4. The Bertz CT molecular complexity index is 623. The van der Waals surface area contributed by atoms with Gasteiger partial charge in [0.05, 0.1) is 6.54 Å². The Balaban J connectivity index is 2.09. The highest BCUT2D eigenvalue weighted by Crippen LogP contribution is 2.05. The normalized spacial score (nSPS) is 15.5. The molecule has 1 aromatic heterocycles. The second-order valence-corrected chi connectivity index (χ2v) is 5.20. The van der Waals surface area contributed by atoms with Crippen molar-refractivity contribution in [3.05, 3.63) is 27.9 Å². The maximum Gasteiger partial charge on any atom is 0.348 e. The number of likely N-dealkylation sites (N-methyl/N-ethyl adjacent to an activating group) is 1. The molecule has 1 saturated heterocycles. The standard InChI is InChI=1S/C14H20N4O3/c1-4-16-5-6-17(8-12(16)19)13(20)9-18-11(3)7-10(2)15-14(18)21/h7H,4-6,8-9H2,1-3H3. The van der Waals surface area contributed by atoms with E-state index in [4.69, 9.17) is 0 Å². The maximum atomic E-state index is 12.3. The first-order valence-electron chi connectivity index (χ1n) is 7.03. The number of aryl methyl sites for hydroxylation is 2. The Morgan fingerprint density at radius 3 is 2.57 bits per heavy atom. The molecular weight excluding hydrogens is 272 g/mol. The molecule has 1 aliphatic rings. The topological polar surface area (TPSA) is 75.5 Å². The van der Waals surface area contributed by atoms with Gasteiger partial charge >= 0.3 is 5.69 Å². The summed E-state index contributed by atoms with van der Waals surface area (Å²) in [5, 5.41) is 0. The third-order valence-electron chi connectivity index (χ3n) is 3.69. The van der Waals surface area contributed by atoms with E-state index in [9.17, 15) is 14.4 Å². The molecule has 2 amide bonds. The van der Waals surface area contributed by atoms with Crippen LogP contribution in [-0.2, 0) is 16.1 Å². The molecule has 0 atom stereocenters. The van der Waals surface area contributed by atoms with E-state index in [1.807, 2.05) is 6.92 Å². The third kappa shape index (κ3) is 3.29. The van der Waals surface area contributed by atoms with Crippen molar-refractivity contribution in [2.45, 2.75) is 27.3 Å². The molecule has 0 radical (unpaired) electrons. The summed E-state index contributed by atoms with van der Waals surface area (Å²) in [6.07, 6.45) is 0. The second-order valence-electron chi connectivity index (χ2n) is 5.20. The summed E-state index contributed by atoms with van der Waals surface area (Å²) in [4.78, 5) is 43.0. The van der Waals surface area contributed by atoms with Crippen LogP contribution in [0.1, 0.15) is 18.3 Å². The predicted molar refractivity (Wildman–Crippen MR) is 76.8 cm³/mol. The number of carbonyl (C=O) groups is 2. The van der Waals surface area contributed by atoms with Crippen molar-refractivity contribution < 1.29 is 9.59 Å². The van der Waals surface area contributed by atoms with Crippen LogP contribution >= 0.6 is 0 Å². The van der Waals surface area contributed by atoms with Gasteiger partial charge in [-0.05, 0) is 26.8 Å². The molecule has 7 heteroatoms. The highest BCUT2D eigenvalue weighted by molar-refractivity contribution is 5.85. The van der Waals surface area contributed by atoms with Crippen LogP contribution in [0.25, 0.3) is 0 Å². The molecule has 0 bridgehead atoms. The van der Waals surface area contributed by atoms with Crippen LogP contribution in [0.3, 0.4) is 0 Å². The minimum Gasteiger partial charge on any atom is -0.340 e. The number of hydrogen-bond donors (Lipinski definition) is 0. The van der Waals surface area contributed by atoms with Gasteiger partial charge in [-0.25, -0.2) is 4.79 Å². The van der Waals surface area contributed by atoms with Crippen LogP contribution in [0.2, 0.25) is 0 Å². The Morgan fingerprint density at radius 2 is 2.00 bits per heavy atom. The summed E-state index contributed by atoms with van der Waals surface area (Å²) >= 11 is 0. The first-order chi connectivity index (χ1) is 9.92. The molecule has 0 unspecified atom stereocenters. The lowest BCUT2D eigenvalue weighted by atomic mass is 10.3. The lowest BCUT2D eigenvalue weighted by Crippen LogP contribution is -2.53. The first kappa shape index (κ1) is 15.2. The number of carbonyl (C=O) groups excluding carboxylic acids is 2. The zero-order valence-corrected chi connectivity index (χ0v) is 12.6. The molecule has 1 aromatic rings. The van der Waals surface area contributed by atoms with Gasteiger partial charge in [0, 0.05) is 31.0 Å². The fourth-order valence-corrected chi connectivity index (χ4v) is 2.46. The summed E-state index contributed by atoms with van der Waals surface area (Å²) in [5.41, 5.74) is 0.895. The van der Waals surface area contributed by atoms with Gasteiger partial charge in [-0.15, -0.1) is 0 Å². The summed E-state index contributed by atoms with van der Waals surface area (Å²) in [7, 11) is 0. The molecule has 2 rings (SSSR count). The molecular formula is C14H20N4O3. The minimum atomic E-state index is -0.431. The van der Waals surface area contributed by atoms with E-state index in [0.717, 1.165) is 0 Å². The van der Waals surface area contributed by atoms with Gasteiger partial charge in [0.1, 0.15) is 6.54 Å². The SMILES string of the molecule is CCN1CCN(C(=O)Cn2c(C)cc(C)nc2=O)CC1=O. The van der Waals surface area contributed by atoms with E-state index in [0.29, 0.717) is 31.0 Å². The van der Waals surface area contributed by atoms with Crippen molar-refractivity contribution in [3.8, 4) is 0 Å². The number of piperazine rings is 1. The molecule has 0 saturated carbocycles. The zero-order valence-electron chi connectivity index (χ0n) is 12.6.